The molecule has 2 bridgehead atoms. The summed E-state index contributed by atoms with van der Waals surface area (Å²) in [6.07, 6.45) is 6.52. The van der Waals surface area contributed by atoms with Crippen molar-refractivity contribution in [3.05, 3.63) is 97.1 Å². The first-order chi connectivity index (χ1) is 21.3. The van der Waals surface area contributed by atoms with Crippen LogP contribution in [-0.4, -0.2) is 81.0 Å². The molecule has 3 fully saturated rings. The van der Waals surface area contributed by atoms with Gasteiger partial charge in [0.05, 0.1) is 17.4 Å². The summed E-state index contributed by atoms with van der Waals surface area (Å²) in [5.74, 6) is -1.99. The summed E-state index contributed by atoms with van der Waals surface area (Å²) < 4.78 is 6.87. The molecule has 1 spiro atoms. The Bertz CT molecular complexity index is 1350. The molecule has 1 N–H and O–H groups in total. The molecule has 3 saturated heterocycles. The summed E-state index contributed by atoms with van der Waals surface area (Å²) in [5.41, 5.74) is 0.0119. The van der Waals surface area contributed by atoms with Crippen LogP contribution in [0.4, 0.5) is 0 Å². The van der Waals surface area contributed by atoms with Gasteiger partial charge >= 0.3 is 0 Å². The quantitative estimate of drug-likeness (QED) is 0.243. The highest BCUT2D eigenvalue weighted by atomic mass is 16.5. The van der Waals surface area contributed by atoms with E-state index in [4.69, 9.17) is 4.74 Å². The Balaban J connectivity index is 1.51. The van der Waals surface area contributed by atoms with Crippen molar-refractivity contribution in [2.75, 3.05) is 26.2 Å². The second kappa shape index (κ2) is 13.5. The van der Waals surface area contributed by atoms with Gasteiger partial charge in [0.25, 0.3) is 0 Å². The number of aliphatic hydroxyl groups is 1. The Morgan fingerprint density at radius 2 is 1.48 bits per heavy atom. The number of likely N-dealkylation sites (tertiary alicyclic amines) is 1. The van der Waals surface area contributed by atoms with Crippen molar-refractivity contribution in [3.63, 3.8) is 0 Å². The lowest BCUT2D eigenvalue weighted by molar-refractivity contribution is -0.154. The zero-order valence-corrected chi connectivity index (χ0v) is 25.8. The minimum Gasteiger partial charge on any atom is -0.396 e. The first-order valence-corrected chi connectivity index (χ1v) is 15.8. The van der Waals surface area contributed by atoms with Crippen LogP contribution in [0.1, 0.15) is 50.2 Å². The van der Waals surface area contributed by atoms with Crippen molar-refractivity contribution in [2.24, 2.45) is 11.8 Å². The van der Waals surface area contributed by atoms with Crippen LogP contribution in [0.5, 0.6) is 0 Å². The zero-order chi connectivity index (χ0) is 31.3. The summed E-state index contributed by atoms with van der Waals surface area (Å²) in [4.78, 5) is 48.8. The molecule has 44 heavy (non-hydrogen) atoms. The van der Waals surface area contributed by atoms with E-state index in [1.54, 1.807) is 26.9 Å². The number of carbonyl (C=O) groups is 3. The molecule has 0 aliphatic carbocycles. The number of hydrogen-bond acceptors (Lipinski definition) is 5. The van der Waals surface area contributed by atoms with Crippen molar-refractivity contribution in [1.29, 1.82) is 0 Å². The predicted octanol–water partition coefficient (Wildman–Crippen LogP) is 4.34. The van der Waals surface area contributed by atoms with Crippen LogP contribution in [0.3, 0.4) is 0 Å². The van der Waals surface area contributed by atoms with Gasteiger partial charge in [0.2, 0.25) is 17.7 Å². The second-order valence-corrected chi connectivity index (χ2v) is 12.5. The summed E-state index contributed by atoms with van der Waals surface area (Å²) >= 11 is 0. The number of hydrogen-bond donors (Lipinski definition) is 1. The fourth-order valence-electron chi connectivity index (χ4n) is 7.65. The van der Waals surface area contributed by atoms with Crippen LogP contribution < -0.4 is 0 Å². The summed E-state index contributed by atoms with van der Waals surface area (Å²) in [5, 5.41) is 9.34. The molecule has 0 saturated carbocycles. The molecule has 5 rings (SSSR count). The molecule has 8 heteroatoms. The van der Waals surface area contributed by atoms with Gasteiger partial charge in [-0.25, -0.2) is 0 Å². The Morgan fingerprint density at radius 3 is 2.02 bits per heavy atom. The molecule has 2 unspecified atom stereocenters. The van der Waals surface area contributed by atoms with Gasteiger partial charge in [-0.1, -0.05) is 72.8 Å². The van der Waals surface area contributed by atoms with E-state index in [1.807, 2.05) is 67.6 Å². The second-order valence-electron chi connectivity index (χ2n) is 12.5. The van der Waals surface area contributed by atoms with Crippen LogP contribution in [0.25, 0.3) is 0 Å². The van der Waals surface area contributed by atoms with Crippen molar-refractivity contribution >= 4 is 17.7 Å². The Hall–Kier alpha value is -3.75. The number of rotatable bonds is 15. The monoisotopic (exact) mass is 599 g/mol. The smallest absolute Gasteiger partial charge is 0.248 e. The molecule has 3 aliphatic heterocycles. The maximum absolute atomic E-state index is 14.6. The van der Waals surface area contributed by atoms with Gasteiger partial charge in [0.1, 0.15) is 11.6 Å². The third-order valence-electron chi connectivity index (χ3n) is 9.59. The van der Waals surface area contributed by atoms with Crippen LogP contribution in [0.15, 0.2) is 86.0 Å². The normalized spacial score (nSPS) is 26.8. The molecular formula is C36H45N3O5. The largest absolute Gasteiger partial charge is 0.396 e. The van der Waals surface area contributed by atoms with Crippen LogP contribution >= 0.6 is 0 Å². The minimum atomic E-state index is -1.09. The van der Waals surface area contributed by atoms with E-state index in [0.29, 0.717) is 58.4 Å². The van der Waals surface area contributed by atoms with Gasteiger partial charge in [0, 0.05) is 39.3 Å². The lowest BCUT2D eigenvalue weighted by Crippen LogP contribution is -2.56. The highest BCUT2D eigenvalue weighted by molar-refractivity contribution is 5.99. The molecule has 2 aromatic rings. The van der Waals surface area contributed by atoms with Crippen LogP contribution in [-0.2, 0) is 32.2 Å². The Labute approximate surface area is 261 Å². The number of nitrogens with zero attached hydrogens (tertiary/aromatic N) is 3. The zero-order valence-electron chi connectivity index (χ0n) is 25.8. The van der Waals surface area contributed by atoms with Crippen molar-refractivity contribution in [1.82, 2.24) is 14.7 Å². The molecule has 8 nitrogen and oxygen atoms in total. The molecule has 2 aromatic carbocycles. The van der Waals surface area contributed by atoms with E-state index < -0.39 is 29.1 Å². The molecule has 5 atom stereocenters. The summed E-state index contributed by atoms with van der Waals surface area (Å²) in [6, 6.07) is 18.7. The number of amides is 3. The highest BCUT2D eigenvalue weighted by Crippen LogP contribution is 2.63. The fraction of sp³-hybridized carbons (Fsp3) is 0.472. The van der Waals surface area contributed by atoms with Gasteiger partial charge < -0.3 is 24.5 Å². The summed E-state index contributed by atoms with van der Waals surface area (Å²) in [6.45, 7) is 11.6. The average molecular weight is 600 g/mol. The highest BCUT2D eigenvalue weighted by Gasteiger charge is 2.78. The maximum Gasteiger partial charge on any atom is 0.248 e. The van der Waals surface area contributed by atoms with E-state index in [9.17, 15) is 19.5 Å². The topological polar surface area (TPSA) is 90.4 Å². The third kappa shape index (κ3) is 5.85. The first kappa shape index (κ1) is 31.7. The molecule has 3 amide bonds. The number of aliphatic hydroxyl groups excluding tert-OH is 1. The van der Waals surface area contributed by atoms with Crippen molar-refractivity contribution in [3.8, 4) is 0 Å². The van der Waals surface area contributed by atoms with Gasteiger partial charge in [-0.05, 0) is 50.2 Å². The number of carbonyl (C=O) groups excluding carboxylic acids is 3. The first-order valence-electron chi connectivity index (χ1n) is 15.8. The lowest BCUT2D eigenvalue weighted by Gasteiger charge is -2.37. The number of unbranched alkanes of at least 4 members (excludes halogenated alkanes) is 2. The number of benzene rings is 2. The van der Waals surface area contributed by atoms with Crippen LogP contribution in [0, 0.1) is 11.8 Å². The molecule has 234 valence electrons. The molecule has 3 heterocycles. The number of ether oxygens (including phenoxy) is 1. The Morgan fingerprint density at radius 1 is 0.909 bits per heavy atom. The number of fused-ring (bicyclic) bond motifs is 1. The van der Waals surface area contributed by atoms with Gasteiger partial charge in [-0.3, -0.25) is 14.4 Å². The predicted molar refractivity (Wildman–Crippen MR) is 169 cm³/mol. The maximum atomic E-state index is 14.6. The van der Waals surface area contributed by atoms with E-state index >= 15 is 0 Å². The van der Waals surface area contributed by atoms with Crippen LogP contribution in [0.2, 0.25) is 0 Å². The fourth-order valence-corrected chi connectivity index (χ4v) is 7.65. The van der Waals surface area contributed by atoms with Crippen molar-refractivity contribution in [2.45, 2.75) is 69.4 Å². The van der Waals surface area contributed by atoms with Crippen molar-refractivity contribution < 1.29 is 24.2 Å². The molecule has 3 aliphatic rings. The SMILES string of the molecule is C=CCN(Cc1ccccc1)C(=O)C1N(CCCCCO)C(=O)[C@@H]2[C@@H](C(=O)N(CC=C)Cc3ccccc3)[C@@]3(C)CCC12O3. The van der Waals surface area contributed by atoms with E-state index in [2.05, 4.69) is 13.2 Å². The standard InChI is InChI=1S/C36H45N3O5/c1-4-21-37(25-27-15-9-6-10-16-27)32(41)29-30-33(42)39(23-13-8-14-24-40)31(36(30)20-19-35(29,3)44-36)34(43)38(22-5-2)26-28-17-11-7-12-18-28/h4-7,9-12,15-18,29-31,40H,1-2,8,13-14,19-26H2,3H3/t29-,30-,31?,35+,36?/m0/s1. The van der Waals surface area contributed by atoms with E-state index in [1.165, 1.54) is 0 Å². The summed E-state index contributed by atoms with van der Waals surface area (Å²) in [7, 11) is 0. The van der Waals surface area contributed by atoms with Gasteiger partial charge in [-0.15, -0.1) is 13.2 Å². The third-order valence-corrected chi connectivity index (χ3v) is 9.59. The van der Waals surface area contributed by atoms with E-state index in [0.717, 1.165) is 17.5 Å². The molecular weight excluding hydrogens is 554 g/mol. The Kier molecular flexibility index (Phi) is 9.71. The average Bonchev–Trinajstić information content (AvgIpc) is 3.59. The van der Waals surface area contributed by atoms with Gasteiger partial charge in [-0.2, -0.15) is 0 Å². The van der Waals surface area contributed by atoms with E-state index in [-0.39, 0.29) is 24.3 Å². The minimum absolute atomic E-state index is 0.0750. The van der Waals surface area contributed by atoms with Gasteiger partial charge in [0.15, 0.2) is 0 Å². The molecule has 0 aromatic heterocycles. The lowest BCUT2D eigenvalue weighted by atomic mass is 9.66. The molecule has 0 radical (unpaired) electrons.